The molecule has 2 amide bonds. The first-order chi connectivity index (χ1) is 33.9. The molecular weight excluding hydrogens is 865 g/mol. The van der Waals surface area contributed by atoms with Crippen molar-refractivity contribution in [1.29, 1.82) is 0 Å². The van der Waals surface area contributed by atoms with Crippen LogP contribution in [0, 0.1) is 17.8 Å². The summed E-state index contributed by atoms with van der Waals surface area (Å²) < 4.78 is 0. The van der Waals surface area contributed by atoms with Crippen LogP contribution in [0.4, 0.5) is 11.4 Å². The van der Waals surface area contributed by atoms with Crippen molar-refractivity contribution >= 4 is 23.2 Å². The number of amides is 2. The summed E-state index contributed by atoms with van der Waals surface area (Å²) in [5.74, 6) is 1.52. The quantitative estimate of drug-likeness (QED) is 0.0378. The highest BCUT2D eigenvalue weighted by Crippen LogP contribution is 2.17. The average molecular weight is 945 g/mol. The molecule has 6 aromatic carbocycles. The van der Waals surface area contributed by atoms with Crippen LogP contribution in [0.1, 0.15) is 97.4 Å². The van der Waals surface area contributed by atoms with E-state index in [1.165, 1.54) is 22.3 Å². The lowest BCUT2D eigenvalue weighted by Gasteiger charge is -2.28. The Bertz CT molecular complexity index is 2320. The fourth-order valence-electron chi connectivity index (χ4n) is 8.37. The Morgan fingerprint density at radius 3 is 1.27 bits per heavy atom. The lowest BCUT2D eigenvalue weighted by atomic mass is 10.1. The number of nitrogens with one attached hydrogen (secondary N) is 3. The smallest absolute Gasteiger partial charge is 0.269 e. The molecule has 0 fully saturated rings. The Labute approximate surface area is 420 Å². The Hall–Kier alpha value is -6.30. The van der Waals surface area contributed by atoms with Crippen LogP contribution >= 0.6 is 0 Å². The Kier molecular flexibility index (Phi) is 23.7. The summed E-state index contributed by atoms with van der Waals surface area (Å²) in [6.45, 7) is 23.8. The normalized spacial score (nSPS) is 11.3. The van der Waals surface area contributed by atoms with Crippen molar-refractivity contribution in [3.05, 3.63) is 203 Å². The van der Waals surface area contributed by atoms with Crippen molar-refractivity contribution in [3.8, 4) is 0 Å². The molecule has 0 aromatic heterocycles. The van der Waals surface area contributed by atoms with E-state index in [2.05, 4.69) is 139 Å². The average Bonchev–Trinajstić information content (AvgIpc) is 3.36. The fraction of sp³-hybridized carbons (Fsp3) is 0.367. The minimum absolute atomic E-state index is 0.0856. The monoisotopic (exact) mass is 945 g/mol. The number of carbonyl (C=O) groups is 2. The molecule has 5 N–H and O–H groups in total. The topological polar surface area (TPSA) is 109 Å². The van der Waals surface area contributed by atoms with Gasteiger partial charge in [0.1, 0.15) is 0 Å². The van der Waals surface area contributed by atoms with Crippen molar-refractivity contribution in [3.63, 3.8) is 0 Å². The second-order valence-electron chi connectivity index (χ2n) is 19.6. The summed E-state index contributed by atoms with van der Waals surface area (Å²) in [6, 6.07) is 56.6. The summed E-state index contributed by atoms with van der Waals surface area (Å²) in [7, 11) is 0. The maximum atomic E-state index is 13.2. The number of benzene rings is 6. The molecule has 6 rings (SSSR count). The minimum atomic E-state index is -0.162. The zero-order valence-corrected chi connectivity index (χ0v) is 42.8. The lowest BCUT2D eigenvalue weighted by molar-refractivity contribution is 0.0944. The molecule has 372 valence electrons. The Balaban J connectivity index is 0.000000276. The SMILES string of the molecule is CC(C)CN(CCCN(Cc1ccccc1)Cc1ccc(C(=O)NN(CC(C)C)c2ccccc2)cc1)CC(C)C.NCCCN(Cc1ccccc1)Cc1ccc(C(=O)NNc2ccccc2)cc1. The van der Waals surface area contributed by atoms with Crippen LogP contribution in [0.5, 0.6) is 0 Å². The molecule has 0 radical (unpaired) electrons. The van der Waals surface area contributed by atoms with Crippen LogP contribution in [0.3, 0.4) is 0 Å². The van der Waals surface area contributed by atoms with E-state index in [0.29, 0.717) is 35.4 Å². The molecule has 6 aromatic rings. The second-order valence-corrected chi connectivity index (χ2v) is 19.6. The minimum Gasteiger partial charge on any atom is -0.330 e. The van der Waals surface area contributed by atoms with Crippen LogP contribution < -0.4 is 27.0 Å². The molecule has 0 spiro atoms. The largest absolute Gasteiger partial charge is 0.330 e. The predicted molar refractivity (Wildman–Crippen MR) is 292 cm³/mol. The molecule has 0 aliphatic carbocycles. The maximum absolute atomic E-state index is 13.2. The molecule has 0 aliphatic heterocycles. The summed E-state index contributed by atoms with van der Waals surface area (Å²) in [4.78, 5) is 33.1. The molecule has 0 saturated carbocycles. The summed E-state index contributed by atoms with van der Waals surface area (Å²) in [6.07, 6.45) is 2.09. The number of hydrogen-bond acceptors (Lipinski definition) is 8. The number of rotatable bonds is 27. The van der Waals surface area contributed by atoms with Gasteiger partial charge in [-0.2, -0.15) is 0 Å². The molecule has 0 atom stereocenters. The molecule has 0 unspecified atom stereocenters. The first kappa shape index (κ1) is 54.6. The van der Waals surface area contributed by atoms with Crippen LogP contribution in [0.25, 0.3) is 0 Å². The summed E-state index contributed by atoms with van der Waals surface area (Å²) >= 11 is 0. The van der Waals surface area contributed by atoms with Crippen LogP contribution in [0.15, 0.2) is 170 Å². The molecule has 10 nitrogen and oxygen atoms in total. The highest BCUT2D eigenvalue weighted by Gasteiger charge is 2.16. The zero-order chi connectivity index (χ0) is 49.9. The second kappa shape index (κ2) is 30.3. The van der Waals surface area contributed by atoms with Crippen molar-refractivity contribution in [2.24, 2.45) is 23.5 Å². The first-order valence-electron chi connectivity index (χ1n) is 25.3. The standard InChI is InChI=1S/C36H52N4O.C24H28N4O/c1-29(2)24-38(25-30(3)4)22-13-23-39(27-32-14-9-7-10-15-32)28-33-18-20-34(21-19-33)36(41)37-40(26-31(5)6)35-16-11-8-12-17-35;25-16-7-17-28(18-20-8-3-1-4-9-20)19-21-12-14-22(15-13-21)24(29)27-26-23-10-5-2-6-11-23/h7-12,14-21,29-31H,13,22-28H2,1-6H3,(H,37,41);1-6,8-15,26H,7,16-19,25H2,(H,27,29). The van der Waals surface area contributed by atoms with Gasteiger partial charge in [-0.1, -0.05) is 163 Å². The van der Waals surface area contributed by atoms with Gasteiger partial charge in [0.2, 0.25) is 0 Å². The third-order valence-electron chi connectivity index (χ3n) is 11.6. The van der Waals surface area contributed by atoms with Crippen LogP contribution in [-0.2, 0) is 26.2 Å². The van der Waals surface area contributed by atoms with Gasteiger partial charge in [0.15, 0.2) is 0 Å². The van der Waals surface area contributed by atoms with E-state index in [4.69, 9.17) is 5.73 Å². The molecular formula is C60H80N8O2. The van der Waals surface area contributed by atoms with Crippen LogP contribution in [-0.4, -0.2) is 72.3 Å². The van der Waals surface area contributed by atoms with E-state index >= 15 is 0 Å². The van der Waals surface area contributed by atoms with Crippen molar-refractivity contribution in [2.75, 3.05) is 56.2 Å². The highest BCUT2D eigenvalue weighted by atomic mass is 16.2. The summed E-state index contributed by atoms with van der Waals surface area (Å²) in [5.41, 5.74) is 22.6. The number of para-hydroxylation sites is 2. The lowest BCUT2D eigenvalue weighted by Crippen LogP contribution is -2.44. The number of nitrogens with zero attached hydrogens (tertiary/aromatic N) is 4. The Morgan fingerprint density at radius 1 is 0.443 bits per heavy atom. The fourth-order valence-corrected chi connectivity index (χ4v) is 8.37. The zero-order valence-electron chi connectivity index (χ0n) is 42.8. The number of nitrogens with two attached hydrogens (primary N) is 1. The van der Waals surface area contributed by atoms with E-state index in [-0.39, 0.29) is 11.8 Å². The van der Waals surface area contributed by atoms with Gasteiger partial charge in [0, 0.05) is 70.0 Å². The molecule has 10 heteroatoms. The van der Waals surface area contributed by atoms with E-state index in [1.807, 2.05) is 108 Å². The number of carbonyl (C=O) groups excluding carboxylic acids is 2. The van der Waals surface area contributed by atoms with Gasteiger partial charge in [-0.15, -0.1) is 0 Å². The van der Waals surface area contributed by atoms with E-state index in [0.717, 1.165) is 89.7 Å². The molecule has 0 heterocycles. The molecule has 0 bridgehead atoms. The van der Waals surface area contributed by atoms with Gasteiger partial charge >= 0.3 is 0 Å². The van der Waals surface area contributed by atoms with Crippen molar-refractivity contribution in [2.45, 2.75) is 80.6 Å². The predicted octanol–water partition coefficient (Wildman–Crippen LogP) is 11.3. The van der Waals surface area contributed by atoms with Gasteiger partial charge in [-0.3, -0.25) is 40.7 Å². The third-order valence-corrected chi connectivity index (χ3v) is 11.6. The Morgan fingerprint density at radius 2 is 0.829 bits per heavy atom. The van der Waals surface area contributed by atoms with Crippen molar-refractivity contribution < 1.29 is 9.59 Å². The van der Waals surface area contributed by atoms with Gasteiger partial charge < -0.3 is 10.6 Å². The number of hydrazine groups is 2. The van der Waals surface area contributed by atoms with Gasteiger partial charge in [0.05, 0.1) is 11.4 Å². The van der Waals surface area contributed by atoms with E-state index < -0.39 is 0 Å². The number of anilines is 2. The first-order valence-corrected chi connectivity index (χ1v) is 25.3. The van der Waals surface area contributed by atoms with Gasteiger partial charge in [-0.05, 0) is 114 Å². The van der Waals surface area contributed by atoms with E-state index in [1.54, 1.807) is 0 Å². The maximum Gasteiger partial charge on any atom is 0.269 e. The van der Waals surface area contributed by atoms with Gasteiger partial charge in [-0.25, -0.2) is 0 Å². The molecule has 0 saturated heterocycles. The number of hydrogen-bond donors (Lipinski definition) is 4. The summed E-state index contributed by atoms with van der Waals surface area (Å²) in [5, 5.41) is 1.95. The van der Waals surface area contributed by atoms with Crippen molar-refractivity contribution in [1.82, 2.24) is 25.6 Å². The molecule has 0 aliphatic rings. The third kappa shape index (κ3) is 20.7. The molecule has 70 heavy (non-hydrogen) atoms. The van der Waals surface area contributed by atoms with Gasteiger partial charge in [0.25, 0.3) is 11.8 Å². The van der Waals surface area contributed by atoms with E-state index in [9.17, 15) is 9.59 Å². The van der Waals surface area contributed by atoms with Crippen LogP contribution in [0.2, 0.25) is 0 Å². The highest BCUT2D eigenvalue weighted by molar-refractivity contribution is 5.95.